The van der Waals surface area contributed by atoms with Crippen LogP contribution in [0.2, 0.25) is 0 Å². The Morgan fingerprint density at radius 1 is 1.05 bits per heavy atom. The maximum Gasteiger partial charge on any atom is 0.145 e. The summed E-state index contributed by atoms with van der Waals surface area (Å²) in [5, 5.41) is 0.931. The topological polar surface area (TPSA) is 35.0 Å². The van der Waals surface area contributed by atoms with Crippen molar-refractivity contribution in [1.29, 1.82) is 0 Å². The van der Waals surface area contributed by atoms with E-state index in [1.807, 2.05) is 24.3 Å². The van der Waals surface area contributed by atoms with E-state index in [4.69, 9.17) is 4.74 Å². The zero-order chi connectivity index (χ0) is 13.2. The van der Waals surface area contributed by atoms with Crippen molar-refractivity contribution in [2.24, 2.45) is 0 Å². The quantitative estimate of drug-likeness (QED) is 0.702. The summed E-state index contributed by atoms with van der Waals surface area (Å²) in [7, 11) is 1.61. The van der Waals surface area contributed by atoms with Gasteiger partial charge in [-0.2, -0.15) is 0 Å². The van der Waals surface area contributed by atoms with Gasteiger partial charge in [0, 0.05) is 17.1 Å². The van der Waals surface area contributed by atoms with Gasteiger partial charge in [-0.3, -0.25) is 9.97 Å². The van der Waals surface area contributed by atoms with Gasteiger partial charge in [-0.1, -0.05) is 6.07 Å². The smallest absolute Gasteiger partial charge is 0.145 e. The third-order valence-electron chi connectivity index (χ3n) is 2.96. The molecule has 2 aromatic heterocycles. The second kappa shape index (κ2) is 4.65. The Morgan fingerprint density at radius 2 is 1.95 bits per heavy atom. The van der Waals surface area contributed by atoms with Crippen LogP contribution in [0.4, 0.5) is 4.39 Å². The molecule has 4 heteroatoms. The minimum absolute atomic E-state index is 0.348. The van der Waals surface area contributed by atoms with Gasteiger partial charge >= 0.3 is 0 Å². The molecule has 0 unspecified atom stereocenters. The number of pyridine rings is 2. The summed E-state index contributed by atoms with van der Waals surface area (Å²) in [6, 6.07) is 10.6. The maximum atomic E-state index is 12.9. The molecule has 0 N–H and O–H groups in total. The van der Waals surface area contributed by atoms with Crippen molar-refractivity contribution in [2.45, 2.75) is 0 Å². The number of fused-ring (bicyclic) bond motifs is 1. The largest absolute Gasteiger partial charge is 0.494 e. The first-order chi connectivity index (χ1) is 9.29. The number of hydrogen-bond acceptors (Lipinski definition) is 3. The fourth-order valence-corrected chi connectivity index (χ4v) is 2.07. The fraction of sp³-hybridized carbons (Fsp3) is 0.0667. The van der Waals surface area contributed by atoms with E-state index in [-0.39, 0.29) is 5.82 Å². The highest BCUT2D eigenvalue weighted by molar-refractivity contribution is 5.96. The highest BCUT2D eigenvalue weighted by atomic mass is 19.1. The number of ether oxygens (including phenoxy) is 1. The van der Waals surface area contributed by atoms with E-state index in [1.165, 1.54) is 12.3 Å². The summed E-state index contributed by atoms with van der Waals surface area (Å²) < 4.78 is 18.2. The molecule has 0 aliphatic carbocycles. The van der Waals surface area contributed by atoms with Crippen molar-refractivity contribution in [2.75, 3.05) is 7.11 Å². The van der Waals surface area contributed by atoms with E-state index < -0.39 is 0 Å². The van der Waals surface area contributed by atoms with Crippen LogP contribution in [0.25, 0.3) is 22.2 Å². The average molecular weight is 254 g/mol. The molecule has 3 aromatic rings. The lowest BCUT2D eigenvalue weighted by atomic mass is 10.0. The fourth-order valence-electron chi connectivity index (χ4n) is 2.07. The number of benzene rings is 1. The Labute approximate surface area is 109 Å². The molecule has 0 bridgehead atoms. The summed E-state index contributed by atoms with van der Waals surface area (Å²) in [5.41, 5.74) is 2.39. The lowest BCUT2D eigenvalue weighted by molar-refractivity contribution is 0.419. The summed E-state index contributed by atoms with van der Waals surface area (Å²) in [6.45, 7) is 0. The van der Waals surface area contributed by atoms with Crippen LogP contribution in [0, 0.1) is 5.82 Å². The van der Waals surface area contributed by atoms with E-state index in [2.05, 4.69) is 9.97 Å². The van der Waals surface area contributed by atoms with Crippen LogP contribution in [0.15, 0.2) is 48.8 Å². The van der Waals surface area contributed by atoms with Crippen LogP contribution in [0.1, 0.15) is 0 Å². The van der Waals surface area contributed by atoms with E-state index in [0.717, 1.165) is 16.5 Å². The molecule has 0 fully saturated rings. The minimum atomic E-state index is -0.348. The molecule has 0 atom stereocenters. The van der Waals surface area contributed by atoms with Gasteiger partial charge in [0.1, 0.15) is 17.1 Å². The Morgan fingerprint density at radius 3 is 2.68 bits per heavy atom. The average Bonchev–Trinajstić information content (AvgIpc) is 2.47. The maximum absolute atomic E-state index is 12.9. The molecule has 94 valence electrons. The Kier molecular flexibility index (Phi) is 2.83. The first-order valence-corrected chi connectivity index (χ1v) is 5.83. The molecular weight excluding hydrogens is 243 g/mol. The Balaban J connectivity index is 2.27. The molecule has 0 amide bonds. The molecule has 0 spiro atoms. The van der Waals surface area contributed by atoms with Gasteiger partial charge in [0.25, 0.3) is 0 Å². The van der Waals surface area contributed by atoms with Crippen molar-refractivity contribution in [3.8, 4) is 17.0 Å². The zero-order valence-electron chi connectivity index (χ0n) is 10.3. The summed E-state index contributed by atoms with van der Waals surface area (Å²) in [5.74, 6) is 0.362. The standard InChI is InChI=1S/C15H11FN2O/c1-19-14-7-5-11(12-3-2-8-17-15(12)14)13-6-4-10(16)9-18-13/h2-9H,1H3. The van der Waals surface area contributed by atoms with E-state index in [1.54, 1.807) is 19.4 Å². The van der Waals surface area contributed by atoms with E-state index in [9.17, 15) is 4.39 Å². The first-order valence-electron chi connectivity index (χ1n) is 5.83. The van der Waals surface area contributed by atoms with Gasteiger partial charge in [-0.15, -0.1) is 0 Å². The van der Waals surface area contributed by atoms with Crippen molar-refractivity contribution in [3.05, 3.63) is 54.6 Å². The van der Waals surface area contributed by atoms with Crippen LogP contribution in [-0.2, 0) is 0 Å². The SMILES string of the molecule is COc1ccc(-c2ccc(F)cn2)c2cccnc12. The number of hydrogen-bond donors (Lipinski definition) is 0. The molecule has 19 heavy (non-hydrogen) atoms. The Hall–Kier alpha value is -2.49. The summed E-state index contributed by atoms with van der Waals surface area (Å²) in [4.78, 5) is 8.44. The number of aromatic nitrogens is 2. The van der Waals surface area contributed by atoms with Crippen LogP contribution < -0.4 is 4.74 Å². The van der Waals surface area contributed by atoms with Gasteiger partial charge in [0.05, 0.1) is 19.0 Å². The van der Waals surface area contributed by atoms with Crippen molar-refractivity contribution >= 4 is 10.9 Å². The molecule has 0 saturated carbocycles. The normalized spacial score (nSPS) is 10.6. The highest BCUT2D eigenvalue weighted by Gasteiger charge is 2.09. The molecule has 3 nitrogen and oxygen atoms in total. The van der Waals surface area contributed by atoms with Gasteiger partial charge in [-0.25, -0.2) is 4.39 Å². The zero-order valence-corrected chi connectivity index (χ0v) is 10.3. The predicted octanol–water partition coefficient (Wildman–Crippen LogP) is 3.44. The predicted molar refractivity (Wildman–Crippen MR) is 71.5 cm³/mol. The lowest BCUT2D eigenvalue weighted by Gasteiger charge is -2.09. The second-order valence-electron chi connectivity index (χ2n) is 4.08. The van der Waals surface area contributed by atoms with Crippen LogP contribution in [0.5, 0.6) is 5.75 Å². The van der Waals surface area contributed by atoms with Crippen molar-refractivity contribution < 1.29 is 9.13 Å². The van der Waals surface area contributed by atoms with E-state index in [0.29, 0.717) is 11.4 Å². The Bertz CT molecular complexity index is 726. The number of methoxy groups -OCH3 is 1. The lowest BCUT2D eigenvalue weighted by Crippen LogP contribution is -1.91. The summed E-state index contributed by atoms with van der Waals surface area (Å²) >= 11 is 0. The first kappa shape index (κ1) is 11.6. The van der Waals surface area contributed by atoms with Gasteiger partial charge in [-0.05, 0) is 30.3 Å². The third-order valence-corrected chi connectivity index (χ3v) is 2.96. The molecule has 0 aliphatic heterocycles. The third kappa shape index (κ3) is 2.01. The molecule has 0 aliphatic rings. The molecule has 1 aromatic carbocycles. The van der Waals surface area contributed by atoms with Crippen LogP contribution in [0.3, 0.4) is 0 Å². The molecule has 0 radical (unpaired) electrons. The van der Waals surface area contributed by atoms with Gasteiger partial charge in [0.2, 0.25) is 0 Å². The highest BCUT2D eigenvalue weighted by Crippen LogP contribution is 2.31. The molecule has 2 heterocycles. The van der Waals surface area contributed by atoms with Crippen molar-refractivity contribution in [1.82, 2.24) is 9.97 Å². The van der Waals surface area contributed by atoms with Gasteiger partial charge < -0.3 is 4.74 Å². The van der Waals surface area contributed by atoms with E-state index >= 15 is 0 Å². The minimum Gasteiger partial charge on any atom is -0.494 e. The number of nitrogens with zero attached hydrogens (tertiary/aromatic N) is 2. The van der Waals surface area contributed by atoms with Crippen LogP contribution >= 0.6 is 0 Å². The van der Waals surface area contributed by atoms with Gasteiger partial charge in [0.15, 0.2) is 0 Å². The van der Waals surface area contributed by atoms with Crippen molar-refractivity contribution in [3.63, 3.8) is 0 Å². The molecule has 0 saturated heterocycles. The second-order valence-corrected chi connectivity index (χ2v) is 4.08. The number of halogens is 1. The monoisotopic (exact) mass is 254 g/mol. The summed E-state index contributed by atoms with van der Waals surface area (Å²) in [6.07, 6.45) is 2.93. The van der Waals surface area contributed by atoms with Crippen LogP contribution in [-0.4, -0.2) is 17.1 Å². The molecular formula is C15H11FN2O. The number of rotatable bonds is 2. The molecule has 3 rings (SSSR count).